The van der Waals surface area contributed by atoms with E-state index in [0.29, 0.717) is 23.3 Å². The van der Waals surface area contributed by atoms with Gasteiger partial charge in [0.2, 0.25) is 0 Å². The van der Waals surface area contributed by atoms with E-state index in [4.69, 9.17) is 10.5 Å². The normalized spacial score (nSPS) is 27.9. The lowest BCUT2D eigenvalue weighted by Gasteiger charge is -2.26. The van der Waals surface area contributed by atoms with Gasteiger partial charge < -0.3 is 20.7 Å². The Balaban J connectivity index is 1.99. The van der Waals surface area contributed by atoms with Gasteiger partial charge in [-0.15, -0.1) is 13.2 Å². The van der Waals surface area contributed by atoms with E-state index in [0.717, 1.165) is 12.0 Å². The minimum atomic E-state index is -1.28. The highest BCUT2D eigenvalue weighted by molar-refractivity contribution is 7.72. The van der Waals surface area contributed by atoms with E-state index in [1.165, 1.54) is 0 Å². The number of fused-ring (bicyclic) bond motifs is 1. The van der Waals surface area contributed by atoms with E-state index >= 15 is 0 Å². The van der Waals surface area contributed by atoms with E-state index in [1.807, 2.05) is 13.8 Å². The Morgan fingerprint density at radius 1 is 1.38 bits per heavy atom. The summed E-state index contributed by atoms with van der Waals surface area (Å²) in [5, 5.41) is 21.3. The summed E-state index contributed by atoms with van der Waals surface area (Å²) in [6.07, 6.45) is 4.15. The van der Waals surface area contributed by atoms with Gasteiger partial charge in [0.1, 0.15) is 23.5 Å². The molecule has 7 nitrogen and oxygen atoms in total. The zero-order valence-corrected chi connectivity index (χ0v) is 16.7. The molecule has 5 atom stereocenters. The van der Waals surface area contributed by atoms with Crippen LogP contribution in [0.4, 0.5) is 5.69 Å². The minimum absolute atomic E-state index is 0.0865. The van der Waals surface area contributed by atoms with Gasteiger partial charge in [-0.25, -0.2) is 9.97 Å². The smallest absolute Gasteiger partial charge is 0.165 e. The van der Waals surface area contributed by atoms with E-state index in [2.05, 4.69) is 29.6 Å². The quantitative estimate of drug-likeness (QED) is 0.680. The first kappa shape index (κ1) is 19.4. The molecule has 26 heavy (non-hydrogen) atoms. The van der Waals surface area contributed by atoms with Crippen LogP contribution >= 0.6 is 6.89 Å². The summed E-state index contributed by atoms with van der Waals surface area (Å²) < 4.78 is 7.94. The van der Waals surface area contributed by atoms with Crippen LogP contribution in [0.3, 0.4) is 0 Å². The molecule has 3 heterocycles. The monoisotopic (exact) mass is 380 g/mol. The number of hydrogen-bond donors (Lipinski definition) is 3. The Hall–Kier alpha value is -1.40. The average molecular weight is 380 g/mol. The third-order valence-electron chi connectivity index (χ3n) is 4.87. The zero-order chi connectivity index (χ0) is 19.2. The lowest BCUT2D eigenvalue weighted by molar-refractivity contribution is -0.0498. The van der Waals surface area contributed by atoms with Crippen molar-refractivity contribution < 1.29 is 14.9 Å². The number of rotatable bonds is 5. The van der Waals surface area contributed by atoms with Crippen LogP contribution in [0.5, 0.6) is 0 Å². The Morgan fingerprint density at radius 3 is 2.69 bits per heavy atom. The number of aryl methyl sites for hydroxylation is 1. The molecule has 0 amide bonds. The molecule has 3 rings (SSSR count). The van der Waals surface area contributed by atoms with Crippen molar-refractivity contribution in [3.63, 3.8) is 0 Å². The van der Waals surface area contributed by atoms with E-state index in [1.54, 1.807) is 16.8 Å². The van der Waals surface area contributed by atoms with Gasteiger partial charge in [-0.1, -0.05) is 13.8 Å². The number of aliphatic hydroxyl groups excluding tert-OH is 2. The fraction of sp³-hybridized carbons (Fsp3) is 0.611. The molecule has 1 aliphatic rings. The van der Waals surface area contributed by atoms with Gasteiger partial charge in [0.25, 0.3) is 0 Å². The summed E-state index contributed by atoms with van der Waals surface area (Å²) in [7, 11) is 0. The summed E-state index contributed by atoms with van der Waals surface area (Å²) in [5.74, 6) is 0.809. The standard InChI is InChI=1S/C18H29N4O3P/c1-6-12-21-13-11(19)7-8-20-17(13)22(12)18-15(24)14(23)16(25-18)10(2)9-26(3,4)5/h7-8,10,14-16,18,23-24H,3,6,9H2,1-2,4-5H3,(H2,19,20)/t10?,14-,15+,16+,18+/m0/s1. The lowest BCUT2D eigenvalue weighted by Crippen LogP contribution is -2.36. The van der Waals surface area contributed by atoms with Gasteiger partial charge in [0, 0.05) is 12.6 Å². The predicted octanol–water partition coefficient (Wildman–Crippen LogP) is 1.54. The van der Waals surface area contributed by atoms with Crippen LogP contribution in [0.15, 0.2) is 12.3 Å². The minimum Gasteiger partial charge on any atom is -0.397 e. The number of ether oxygens (including phenoxy) is 1. The first-order valence-corrected chi connectivity index (χ1v) is 12.0. The second kappa shape index (κ2) is 6.97. The highest BCUT2D eigenvalue weighted by Crippen LogP contribution is 2.43. The Bertz CT molecular complexity index is 846. The molecule has 1 unspecified atom stereocenters. The number of pyridine rings is 1. The summed E-state index contributed by atoms with van der Waals surface area (Å²) in [6, 6.07) is 1.70. The van der Waals surface area contributed by atoms with Crippen molar-refractivity contribution in [2.45, 2.75) is 44.8 Å². The number of nitrogen functional groups attached to an aromatic ring is 1. The molecule has 2 aromatic heterocycles. The SMILES string of the molecule is C=P(C)(C)CC(C)[C@H]1O[C@@H](n2c(CC)nc3c(N)ccnc32)[C@H](O)[C@@H]1O. The van der Waals surface area contributed by atoms with Crippen molar-refractivity contribution >= 4 is 30.0 Å². The van der Waals surface area contributed by atoms with E-state index in [9.17, 15) is 10.2 Å². The molecule has 1 saturated heterocycles. The molecule has 0 aromatic carbocycles. The van der Waals surface area contributed by atoms with Crippen molar-refractivity contribution in [2.75, 3.05) is 25.2 Å². The highest BCUT2D eigenvalue weighted by Gasteiger charge is 2.47. The van der Waals surface area contributed by atoms with Crippen molar-refractivity contribution in [1.82, 2.24) is 14.5 Å². The third kappa shape index (κ3) is 3.41. The molecular formula is C18H29N4O3P. The van der Waals surface area contributed by atoms with Crippen molar-refractivity contribution in [3.8, 4) is 0 Å². The molecule has 1 fully saturated rings. The highest BCUT2D eigenvalue weighted by atomic mass is 31.2. The lowest BCUT2D eigenvalue weighted by atomic mass is 10.0. The number of anilines is 1. The maximum absolute atomic E-state index is 10.7. The molecule has 0 saturated carbocycles. The molecular weight excluding hydrogens is 351 g/mol. The van der Waals surface area contributed by atoms with Crippen molar-refractivity contribution in [3.05, 3.63) is 18.1 Å². The Morgan fingerprint density at radius 2 is 2.08 bits per heavy atom. The van der Waals surface area contributed by atoms with Gasteiger partial charge in [-0.2, -0.15) is 0 Å². The number of nitrogens with two attached hydrogens (primary N) is 1. The summed E-state index contributed by atoms with van der Waals surface area (Å²) >= 11 is 0. The largest absolute Gasteiger partial charge is 0.397 e. The molecule has 2 aromatic rings. The fourth-order valence-electron chi connectivity index (χ4n) is 3.82. The van der Waals surface area contributed by atoms with Crippen LogP contribution < -0.4 is 5.73 Å². The van der Waals surface area contributed by atoms with Crippen molar-refractivity contribution in [1.29, 1.82) is 0 Å². The van der Waals surface area contributed by atoms with Crippen LogP contribution in [0, 0.1) is 5.92 Å². The first-order chi connectivity index (χ1) is 12.1. The average Bonchev–Trinajstić information content (AvgIpc) is 3.05. The molecule has 144 valence electrons. The van der Waals surface area contributed by atoms with Gasteiger partial charge in [-0.05, 0) is 31.5 Å². The van der Waals surface area contributed by atoms with Crippen LogP contribution in [-0.4, -0.2) is 68.9 Å². The number of hydrogen-bond acceptors (Lipinski definition) is 6. The fourth-order valence-corrected chi connectivity index (χ4v) is 5.59. The maximum Gasteiger partial charge on any atom is 0.165 e. The van der Waals surface area contributed by atoms with Crippen LogP contribution in [0.2, 0.25) is 0 Å². The van der Waals surface area contributed by atoms with Gasteiger partial charge in [0.15, 0.2) is 11.9 Å². The number of nitrogens with zero attached hydrogens (tertiary/aromatic N) is 3. The van der Waals surface area contributed by atoms with E-state index < -0.39 is 31.4 Å². The predicted molar refractivity (Wildman–Crippen MR) is 107 cm³/mol. The molecule has 0 radical (unpaired) electrons. The molecule has 4 N–H and O–H groups in total. The second-order valence-electron chi connectivity index (χ2n) is 7.89. The maximum atomic E-state index is 10.7. The van der Waals surface area contributed by atoms with Crippen LogP contribution in [-0.2, 0) is 11.2 Å². The Kier molecular flexibility index (Phi) is 5.19. The number of aromatic nitrogens is 3. The Labute approximate surface area is 154 Å². The molecule has 0 bridgehead atoms. The van der Waals surface area contributed by atoms with E-state index in [-0.39, 0.29) is 5.92 Å². The topological polar surface area (TPSA) is 106 Å². The first-order valence-electron chi connectivity index (χ1n) is 8.94. The summed E-state index contributed by atoms with van der Waals surface area (Å²) in [5.41, 5.74) is 7.72. The molecule has 1 aliphatic heterocycles. The summed E-state index contributed by atoms with van der Waals surface area (Å²) in [4.78, 5) is 8.95. The third-order valence-corrected chi connectivity index (χ3v) is 6.44. The van der Waals surface area contributed by atoms with Gasteiger partial charge in [0.05, 0.1) is 11.8 Å². The summed E-state index contributed by atoms with van der Waals surface area (Å²) in [6.45, 7) is 7.05. The molecule has 8 heteroatoms. The second-order valence-corrected chi connectivity index (χ2v) is 12.1. The molecule has 0 spiro atoms. The van der Waals surface area contributed by atoms with Crippen LogP contribution in [0.25, 0.3) is 11.2 Å². The number of aliphatic hydroxyl groups is 2. The number of imidazole rings is 1. The molecule has 0 aliphatic carbocycles. The van der Waals surface area contributed by atoms with Crippen molar-refractivity contribution in [2.24, 2.45) is 5.92 Å². The van der Waals surface area contributed by atoms with Crippen LogP contribution in [0.1, 0.15) is 25.9 Å². The van der Waals surface area contributed by atoms with Gasteiger partial charge in [-0.3, -0.25) is 4.57 Å². The van der Waals surface area contributed by atoms with Gasteiger partial charge >= 0.3 is 0 Å². The zero-order valence-electron chi connectivity index (χ0n) is 15.8.